The fraction of sp³-hybridized carbons (Fsp3) is 0.0833. The Morgan fingerprint density at radius 2 is 1.88 bits per heavy atom. The molecule has 1 heterocycles. The van der Waals surface area contributed by atoms with Crippen molar-refractivity contribution in [3.63, 3.8) is 0 Å². The van der Waals surface area contributed by atoms with E-state index in [1.807, 2.05) is 24.4 Å². The topological polar surface area (TPSA) is 12.9 Å². The molecule has 0 amide bonds. The third kappa shape index (κ3) is 3.62. The van der Waals surface area contributed by atoms with Crippen LogP contribution in [0.15, 0.2) is 47.1 Å². The van der Waals surface area contributed by atoms with Crippen LogP contribution >= 0.6 is 27.5 Å². The Kier molecular flexibility index (Phi) is 4.45. The van der Waals surface area contributed by atoms with Gasteiger partial charge in [-0.15, -0.1) is 0 Å². The number of benzene rings is 1. The second-order valence-corrected chi connectivity index (χ2v) is 7.38. The normalized spacial score (nSPS) is 11.1. The van der Waals surface area contributed by atoms with E-state index in [-0.39, 0.29) is 15.8 Å². The number of hydrogen-bond donors (Lipinski definition) is 0. The predicted molar refractivity (Wildman–Crippen MR) is 73.9 cm³/mol. The van der Waals surface area contributed by atoms with E-state index < -0.39 is 0 Å². The molecule has 0 spiro atoms. The quantitative estimate of drug-likeness (QED) is 0.769. The average molecular weight is 358 g/mol. The van der Waals surface area contributed by atoms with E-state index in [1.165, 1.54) is 4.35 Å². The molecule has 0 radical (unpaired) electrons. The van der Waals surface area contributed by atoms with Gasteiger partial charge in [0.25, 0.3) is 0 Å². The fourth-order valence-electron chi connectivity index (χ4n) is 1.27. The van der Waals surface area contributed by atoms with E-state index >= 15 is 0 Å². The van der Waals surface area contributed by atoms with Crippen molar-refractivity contribution in [3.8, 4) is 0 Å². The third-order valence-corrected chi connectivity index (χ3v) is 5.51. The van der Waals surface area contributed by atoms with Crippen molar-refractivity contribution >= 4 is 47.6 Å². The van der Waals surface area contributed by atoms with E-state index in [9.17, 15) is 0 Å². The molecule has 1 aromatic heterocycles. The van der Waals surface area contributed by atoms with Gasteiger partial charge in [0.15, 0.2) is 0 Å². The van der Waals surface area contributed by atoms with E-state index in [4.69, 9.17) is 11.6 Å². The summed E-state index contributed by atoms with van der Waals surface area (Å²) in [5.41, 5.74) is 1.16. The third-order valence-electron chi connectivity index (χ3n) is 2.11. The standard InChI is InChI=1S/C12H10AsBrClN/c14-10-3-6-12(16-8-10)7-13-9-1-4-11(15)5-2-9/h1-6,8,13H,7H2. The summed E-state index contributed by atoms with van der Waals surface area (Å²) in [4.78, 5) is 4.37. The SMILES string of the molecule is Clc1ccc([AsH]Cc2ccc(Br)cn2)cc1. The molecule has 0 aliphatic heterocycles. The van der Waals surface area contributed by atoms with Crippen LogP contribution in [0.3, 0.4) is 0 Å². The van der Waals surface area contributed by atoms with Crippen LogP contribution in [0.2, 0.25) is 5.02 Å². The number of hydrogen-bond acceptors (Lipinski definition) is 1. The van der Waals surface area contributed by atoms with Crippen molar-refractivity contribution in [1.82, 2.24) is 4.98 Å². The Morgan fingerprint density at radius 3 is 2.50 bits per heavy atom. The zero-order valence-corrected chi connectivity index (χ0v) is 12.9. The summed E-state index contributed by atoms with van der Waals surface area (Å²) >= 11 is 9.08. The monoisotopic (exact) mass is 357 g/mol. The molecule has 0 bridgehead atoms. The summed E-state index contributed by atoms with van der Waals surface area (Å²) in [6.07, 6.45) is 1.85. The van der Waals surface area contributed by atoms with Gasteiger partial charge in [-0.2, -0.15) is 0 Å². The van der Waals surface area contributed by atoms with Gasteiger partial charge >= 0.3 is 116 Å². The van der Waals surface area contributed by atoms with Crippen molar-refractivity contribution < 1.29 is 0 Å². The first kappa shape index (κ1) is 12.2. The fourth-order valence-corrected chi connectivity index (χ4v) is 3.72. The van der Waals surface area contributed by atoms with Crippen LogP contribution in [-0.2, 0) is 5.21 Å². The van der Waals surface area contributed by atoms with Crippen LogP contribution in [0.25, 0.3) is 0 Å². The number of pyridine rings is 1. The molecule has 0 N–H and O–H groups in total. The Hall–Kier alpha value is -0.302. The second-order valence-electron chi connectivity index (χ2n) is 3.33. The van der Waals surface area contributed by atoms with Crippen LogP contribution in [-0.4, -0.2) is 20.7 Å². The molecule has 1 atom stereocenters. The van der Waals surface area contributed by atoms with E-state index in [0.29, 0.717) is 0 Å². The van der Waals surface area contributed by atoms with Crippen LogP contribution in [0.5, 0.6) is 0 Å². The van der Waals surface area contributed by atoms with E-state index in [0.717, 1.165) is 20.4 Å². The number of rotatable bonds is 3. The van der Waals surface area contributed by atoms with Gasteiger partial charge in [-0.3, -0.25) is 0 Å². The molecular formula is C12H10AsBrClN. The van der Waals surface area contributed by atoms with E-state index in [1.54, 1.807) is 0 Å². The Morgan fingerprint density at radius 1 is 1.12 bits per heavy atom. The first-order valence-corrected chi connectivity index (χ1v) is 8.54. The zero-order chi connectivity index (χ0) is 11.4. The number of nitrogens with zero attached hydrogens (tertiary/aromatic N) is 1. The van der Waals surface area contributed by atoms with E-state index in [2.05, 4.69) is 39.1 Å². The zero-order valence-electron chi connectivity index (χ0n) is 8.45. The van der Waals surface area contributed by atoms with Gasteiger partial charge in [0, 0.05) is 0 Å². The summed E-state index contributed by atoms with van der Waals surface area (Å²) in [5.74, 6) is 0. The average Bonchev–Trinajstić information content (AvgIpc) is 2.30. The Labute approximate surface area is 115 Å². The number of aromatic nitrogens is 1. The first-order valence-electron chi connectivity index (χ1n) is 4.84. The molecule has 0 saturated carbocycles. The van der Waals surface area contributed by atoms with Gasteiger partial charge in [-0.05, 0) is 0 Å². The summed E-state index contributed by atoms with van der Waals surface area (Å²) < 4.78 is 2.44. The van der Waals surface area contributed by atoms with Gasteiger partial charge in [-0.25, -0.2) is 0 Å². The van der Waals surface area contributed by atoms with Crippen LogP contribution < -0.4 is 4.35 Å². The maximum absolute atomic E-state index is 5.84. The molecule has 1 nitrogen and oxygen atoms in total. The molecule has 2 rings (SSSR count). The van der Waals surface area contributed by atoms with Gasteiger partial charge in [0.1, 0.15) is 0 Å². The molecule has 82 valence electrons. The molecule has 0 aliphatic carbocycles. The van der Waals surface area contributed by atoms with Crippen molar-refractivity contribution in [1.29, 1.82) is 0 Å². The molecule has 2 aromatic rings. The molecule has 16 heavy (non-hydrogen) atoms. The van der Waals surface area contributed by atoms with Gasteiger partial charge < -0.3 is 0 Å². The summed E-state index contributed by atoms with van der Waals surface area (Å²) in [6.45, 7) is 0. The minimum absolute atomic E-state index is 0.148. The molecule has 1 aromatic carbocycles. The molecule has 1 unspecified atom stereocenters. The van der Waals surface area contributed by atoms with Crippen molar-refractivity contribution in [2.75, 3.05) is 0 Å². The van der Waals surface area contributed by atoms with Gasteiger partial charge in [-0.1, -0.05) is 0 Å². The molecular weight excluding hydrogens is 348 g/mol. The predicted octanol–water partition coefficient (Wildman–Crippen LogP) is 2.76. The summed E-state index contributed by atoms with van der Waals surface area (Å²) in [6, 6.07) is 12.2. The molecule has 0 aliphatic rings. The van der Waals surface area contributed by atoms with Crippen molar-refractivity contribution in [3.05, 3.63) is 57.8 Å². The first-order chi connectivity index (χ1) is 7.74. The van der Waals surface area contributed by atoms with Crippen LogP contribution in [0, 0.1) is 0 Å². The maximum atomic E-state index is 5.84. The molecule has 0 saturated heterocycles. The summed E-state index contributed by atoms with van der Waals surface area (Å²) in [7, 11) is 0. The van der Waals surface area contributed by atoms with Gasteiger partial charge in [0.05, 0.1) is 0 Å². The molecule has 0 fully saturated rings. The van der Waals surface area contributed by atoms with Crippen molar-refractivity contribution in [2.24, 2.45) is 0 Å². The number of halogens is 2. The van der Waals surface area contributed by atoms with Crippen molar-refractivity contribution in [2.45, 2.75) is 5.21 Å². The van der Waals surface area contributed by atoms with Crippen LogP contribution in [0.4, 0.5) is 0 Å². The van der Waals surface area contributed by atoms with Crippen LogP contribution in [0.1, 0.15) is 5.69 Å². The Balaban J connectivity index is 1.97. The summed E-state index contributed by atoms with van der Waals surface area (Å²) in [5, 5.41) is 1.88. The van der Waals surface area contributed by atoms with Gasteiger partial charge in [0.2, 0.25) is 0 Å². The Bertz CT molecular complexity index is 410. The molecule has 4 heteroatoms. The second kappa shape index (κ2) is 5.86. The minimum atomic E-state index is -0.148.